The number of hydrogen-bond acceptors (Lipinski definition) is 2. The van der Waals surface area contributed by atoms with E-state index >= 15 is 0 Å². The van der Waals surface area contributed by atoms with E-state index in [0.717, 1.165) is 0 Å². The molecule has 0 unspecified atom stereocenters. The smallest absolute Gasteiger partial charge is 0.253 e. The van der Waals surface area contributed by atoms with Crippen LogP contribution in [0.2, 0.25) is 5.02 Å². The monoisotopic (exact) mass is 226 g/mol. The zero-order valence-corrected chi connectivity index (χ0v) is 9.64. The molecule has 0 fully saturated rings. The Morgan fingerprint density at radius 2 is 2.20 bits per heavy atom. The van der Waals surface area contributed by atoms with Crippen molar-refractivity contribution in [1.82, 2.24) is 5.32 Å². The Bertz CT molecular complexity index is 364. The number of amides is 1. The van der Waals surface area contributed by atoms with Crippen molar-refractivity contribution < 1.29 is 4.79 Å². The van der Waals surface area contributed by atoms with Gasteiger partial charge in [0.15, 0.2) is 0 Å². The summed E-state index contributed by atoms with van der Waals surface area (Å²) in [5.41, 5.74) is 6.56. The van der Waals surface area contributed by atoms with Gasteiger partial charge in [0.2, 0.25) is 0 Å². The molecule has 0 atom stereocenters. The molecule has 0 spiro atoms. The van der Waals surface area contributed by atoms with Gasteiger partial charge in [0.05, 0.1) is 5.56 Å². The molecule has 0 saturated heterocycles. The fourth-order valence-electron chi connectivity index (χ4n) is 1.13. The zero-order valence-electron chi connectivity index (χ0n) is 8.88. The highest BCUT2D eigenvalue weighted by Gasteiger charge is 2.09. The predicted molar refractivity (Wildman–Crippen MR) is 63.0 cm³/mol. The lowest BCUT2D eigenvalue weighted by atomic mass is 10.1. The summed E-state index contributed by atoms with van der Waals surface area (Å²) in [7, 11) is 0. The number of hydrogen-bond donors (Lipinski definition) is 2. The third kappa shape index (κ3) is 3.44. The lowest BCUT2D eigenvalue weighted by molar-refractivity contribution is 0.0950. The number of benzene rings is 1. The molecular formula is C11H15ClN2O. The van der Waals surface area contributed by atoms with Crippen molar-refractivity contribution in [2.75, 3.05) is 12.3 Å². The van der Waals surface area contributed by atoms with E-state index in [1.807, 2.05) is 13.8 Å². The zero-order chi connectivity index (χ0) is 11.4. The van der Waals surface area contributed by atoms with Gasteiger partial charge >= 0.3 is 0 Å². The quantitative estimate of drug-likeness (QED) is 0.778. The van der Waals surface area contributed by atoms with Gasteiger partial charge in [0.1, 0.15) is 0 Å². The van der Waals surface area contributed by atoms with E-state index in [1.54, 1.807) is 18.2 Å². The molecule has 0 heterocycles. The average Bonchev–Trinajstić information content (AvgIpc) is 2.14. The molecule has 3 N–H and O–H groups in total. The Labute approximate surface area is 94.6 Å². The number of rotatable bonds is 3. The molecule has 0 aromatic heterocycles. The Balaban J connectivity index is 2.74. The first-order valence-corrected chi connectivity index (χ1v) is 5.21. The number of nitrogens with two attached hydrogens (primary N) is 1. The highest BCUT2D eigenvalue weighted by Crippen LogP contribution is 2.17. The van der Waals surface area contributed by atoms with Crippen molar-refractivity contribution >= 4 is 23.2 Å². The van der Waals surface area contributed by atoms with Crippen molar-refractivity contribution in [2.24, 2.45) is 5.92 Å². The fraction of sp³-hybridized carbons (Fsp3) is 0.364. The van der Waals surface area contributed by atoms with Gasteiger partial charge in [0.25, 0.3) is 5.91 Å². The Morgan fingerprint density at radius 3 is 2.73 bits per heavy atom. The van der Waals surface area contributed by atoms with E-state index < -0.39 is 0 Å². The molecule has 15 heavy (non-hydrogen) atoms. The van der Waals surface area contributed by atoms with Gasteiger partial charge in [-0.05, 0) is 24.1 Å². The van der Waals surface area contributed by atoms with Gasteiger partial charge in [-0.2, -0.15) is 0 Å². The van der Waals surface area contributed by atoms with Crippen LogP contribution in [0.3, 0.4) is 0 Å². The van der Waals surface area contributed by atoms with Crippen LogP contribution in [0.1, 0.15) is 24.2 Å². The van der Waals surface area contributed by atoms with Crippen LogP contribution < -0.4 is 11.1 Å². The molecule has 82 valence electrons. The summed E-state index contributed by atoms with van der Waals surface area (Å²) < 4.78 is 0. The third-order valence-electron chi connectivity index (χ3n) is 1.93. The lowest BCUT2D eigenvalue weighted by Gasteiger charge is -2.09. The largest absolute Gasteiger partial charge is 0.398 e. The van der Waals surface area contributed by atoms with Gasteiger partial charge in [-0.25, -0.2) is 0 Å². The molecule has 0 saturated carbocycles. The maximum absolute atomic E-state index is 11.6. The van der Waals surface area contributed by atoms with Crippen molar-refractivity contribution in [3.8, 4) is 0 Å². The minimum Gasteiger partial charge on any atom is -0.398 e. The topological polar surface area (TPSA) is 55.1 Å². The minimum atomic E-state index is -0.155. The third-order valence-corrected chi connectivity index (χ3v) is 2.16. The SMILES string of the molecule is CC(C)CNC(=O)c1ccc(Cl)cc1N. The van der Waals surface area contributed by atoms with Crippen LogP contribution in [0.5, 0.6) is 0 Å². The molecule has 4 heteroatoms. The van der Waals surface area contributed by atoms with Crippen LogP contribution in [0.4, 0.5) is 5.69 Å². The molecule has 1 rings (SSSR count). The van der Waals surface area contributed by atoms with Crippen LogP contribution in [-0.2, 0) is 0 Å². The maximum Gasteiger partial charge on any atom is 0.253 e. The minimum absolute atomic E-state index is 0.155. The first-order valence-electron chi connectivity index (χ1n) is 4.84. The summed E-state index contributed by atoms with van der Waals surface area (Å²) in [6, 6.07) is 4.86. The summed E-state index contributed by atoms with van der Waals surface area (Å²) >= 11 is 5.74. The van der Waals surface area contributed by atoms with Crippen molar-refractivity contribution in [1.29, 1.82) is 0 Å². The van der Waals surface area contributed by atoms with E-state index in [-0.39, 0.29) is 5.91 Å². The van der Waals surface area contributed by atoms with Crippen molar-refractivity contribution in [3.05, 3.63) is 28.8 Å². The number of anilines is 1. The van der Waals surface area contributed by atoms with Gasteiger partial charge in [-0.3, -0.25) is 4.79 Å². The first kappa shape index (κ1) is 11.9. The molecule has 0 radical (unpaired) electrons. The second-order valence-corrected chi connectivity index (χ2v) is 4.27. The second-order valence-electron chi connectivity index (χ2n) is 3.84. The summed E-state index contributed by atoms with van der Waals surface area (Å²) in [6.07, 6.45) is 0. The highest BCUT2D eigenvalue weighted by atomic mass is 35.5. The van der Waals surface area contributed by atoms with E-state index in [4.69, 9.17) is 17.3 Å². The Hall–Kier alpha value is -1.22. The number of carbonyl (C=O) groups is 1. The molecule has 3 nitrogen and oxygen atoms in total. The van der Waals surface area contributed by atoms with Gasteiger partial charge in [-0.1, -0.05) is 25.4 Å². The van der Waals surface area contributed by atoms with E-state index in [9.17, 15) is 4.79 Å². The summed E-state index contributed by atoms with van der Waals surface area (Å²) in [5.74, 6) is 0.264. The van der Waals surface area contributed by atoms with Crippen molar-refractivity contribution in [2.45, 2.75) is 13.8 Å². The molecule has 1 amide bonds. The van der Waals surface area contributed by atoms with Crippen LogP contribution >= 0.6 is 11.6 Å². The van der Waals surface area contributed by atoms with Crippen LogP contribution in [-0.4, -0.2) is 12.5 Å². The number of nitrogen functional groups attached to an aromatic ring is 1. The normalized spacial score (nSPS) is 10.4. The Morgan fingerprint density at radius 1 is 1.53 bits per heavy atom. The maximum atomic E-state index is 11.6. The van der Waals surface area contributed by atoms with Crippen LogP contribution in [0.15, 0.2) is 18.2 Å². The average molecular weight is 227 g/mol. The molecule has 0 aliphatic heterocycles. The van der Waals surface area contributed by atoms with Gasteiger partial charge < -0.3 is 11.1 Å². The predicted octanol–water partition coefficient (Wildman–Crippen LogP) is 2.31. The molecule has 1 aromatic rings. The molecule has 0 aliphatic rings. The van der Waals surface area contributed by atoms with Crippen LogP contribution in [0, 0.1) is 5.92 Å². The summed E-state index contributed by atoms with van der Waals surface area (Å²) in [6.45, 7) is 4.71. The standard InChI is InChI=1S/C11H15ClN2O/c1-7(2)6-14-11(15)9-4-3-8(12)5-10(9)13/h3-5,7H,6,13H2,1-2H3,(H,14,15). The Kier molecular flexibility index (Phi) is 3.97. The molecule has 0 aliphatic carbocycles. The summed E-state index contributed by atoms with van der Waals surface area (Å²) in [4.78, 5) is 11.6. The van der Waals surface area contributed by atoms with E-state index in [2.05, 4.69) is 5.32 Å². The van der Waals surface area contributed by atoms with Gasteiger partial charge in [-0.15, -0.1) is 0 Å². The first-order chi connectivity index (χ1) is 7.00. The number of halogens is 1. The summed E-state index contributed by atoms with van der Waals surface area (Å²) in [5, 5.41) is 3.33. The van der Waals surface area contributed by atoms with Gasteiger partial charge in [0, 0.05) is 17.3 Å². The lowest BCUT2D eigenvalue weighted by Crippen LogP contribution is -2.27. The highest BCUT2D eigenvalue weighted by molar-refractivity contribution is 6.31. The number of nitrogens with one attached hydrogen (secondary N) is 1. The van der Waals surface area contributed by atoms with E-state index in [0.29, 0.717) is 28.7 Å². The van der Waals surface area contributed by atoms with Crippen molar-refractivity contribution in [3.63, 3.8) is 0 Å². The fourth-order valence-corrected chi connectivity index (χ4v) is 1.31. The van der Waals surface area contributed by atoms with Crippen LogP contribution in [0.25, 0.3) is 0 Å². The second kappa shape index (κ2) is 5.03. The van der Waals surface area contributed by atoms with E-state index in [1.165, 1.54) is 0 Å². The number of carbonyl (C=O) groups excluding carboxylic acids is 1. The molecule has 1 aromatic carbocycles. The molecule has 0 bridgehead atoms. The molecular weight excluding hydrogens is 212 g/mol.